The molecule has 0 radical (unpaired) electrons. The molecular weight excluding hydrogens is 209 g/mol. The van der Waals surface area contributed by atoms with Crippen LogP contribution in [0.15, 0.2) is 12.1 Å². The molecular formula is C12H16FNO2. The minimum atomic E-state index is -0.372. The quantitative estimate of drug-likeness (QED) is 0.852. The second-order valence-electron chi connectivity index (χ2n) is 4.01. The van der Waals surface area contributed by atoms with Crippen molar-refractivity contribution in [2.24, 2.45) is 0 Å². The zero-order valence-electron chi connectivity index (χ0n) is 9.55. The second-order valence-corrected chi connectivity index (χ2v) is 4.01. The van der Waals surface area contributed by atoms with Crippen molar-refractivity contribution in [3.63, 3.8) is 0 Å². The van der Waals surface area contributed by atoms with E-state index in [0.29, 0.717) is 5.75 Å². The third-order valence-electron chi connectivity index (χ3n) is 2.67. The molecule has 88 valence electrons. The van der Waals surface area contributed by atoms with Gasteiger partial charge in [-0.05, 0) is 37.6 Å². The number of hydrogen-bond acceptors (Lipinski definition) is 3. The molecule has 1 aliphatic heterocycles. The highest BCUT2D eigenvalue weighted by Gasteiger charge is 2.19. The van der Waals surface area contributed by atoms with Crippen molar-refractivity contribution < 1.29 is 13.9 Å². The monoisotopic (exact) mass is 225 g/mol. The molecule has 16 heavy (non-hydrogen) atoms. The summed E-state index contributed by atoms with van der Waals surface area (Å²) in [7, 11) is 1.45. The number of nitrogens with one attached hydrogen (secondary N) is 1. The molecule has 2 rings (SSSR count). The second kappa shape index (κ2) is 4.70. The molecule has 0 aliphatic carbocycles. The summed E-state index contributed by atoms with van der Waals surface area (Å²) < 4.78 is 24.3. The van der Waals surface area contributed by atoms with Crippen LogP contribution in [0, 0.1) is 12.7 Å². The topological polar surface area (TPSA) is 30.5 Å². The van der Waals surface area contributed by atoms with Gasteiger partial charge in [-0.1, -0.05) is 0 Å². The molecule has 1 unspecified atom stereocenters. The summed E-state index contributed by atoms with van der Waals surface area (Å²) in [6.07, 6.45) is 1.05. The molecule has 0 spiro atoms. The highest BCUT2D eigenvalue weighted by Crippen LogP contribution is 2.32. The van der Waals surface area contributed by atoms with Gasteiger partial charge < -0.3 is 14.8 Å². The van der Waals surface area contributed by atoms with Gasteiger partial charge in [0.1, 0.15) is 6.10 Å². The van der Waals surface area contributed by atoms with Gasteiger partial charge >= 0.3 is 0 Å². The van der Waals surface area contributed by atoms with E-state index in [1.54, 1.807) is 6.07 Å². The van der Waals surface area contributed by atoms with E-state index in [9.17, 15) is 4.39 Å². The lowest BCUT2D eigenvalue weighted by atomic mass is 10.2. The Morgan fingerprint density at radius 2 is 2.25 bits per heavy atom. The SMILES string of the molecule is COc1c(F)cc(C)cc1OC1CCNC1. The molecule has 1 heterocycles. The molecule has 1 aromatic carbocycles. The van der Waals surface area contributed by atoms with Crippen molar-refractivity contribution in [1.29, 1.82) is 0 Å². The molecule has 0 aromatic heterocycles. The average Bonchev–Trinajstić information content (AvgIpc) is 2.70. The Morgan fingerprint density at radius 3 is 2.88 bits per heavy atom. The number of rotatable bonds is 3. The maximum Gasteiger partial charge on any atom is 0.196 e. The molecule has 1 aromatic rings. The Balaban J connectivity index is 2.23. The third-order valence-corrected chi connectivity index (χ3v) is 2.67. The first-order chi connectivity index (χ1) is 7.70. The van der Waals surface area contributed by atoms with E-state index in [0.717, 1.165) is 25.1 Å². The predicted octanol–water partition coefficient (Wildman–Crippen LogP) is 1.88. The van der Waals surface area contributed by atoms with Crippen molar-refractivity contribution in [1.82, 2.24) is 5.32 Å². The van der Waals surface area contributed by atoms with Crippen LogP contribution in [0.2, 0.25) is 0 Å². The Labute approximate surface area is 94.6 Å². The molecule has 0 bridgehead atoms. The summed E-state index contributed by atoms with van der Waals surface area (Å²) in [6.45, 7) is 3.59. The van der Waals surface area contributed by atoms with Gasteiger partial charge in [-0.3, -0.25) is 0 Å². The van der Waals surface area contributed by atoms with E-state index in [1.165, 1.54) is 13.2 Å². The molecule has 1 saturated heterocycles. The van der Waals surface area contributed by atoms with Gasteiger partial charge in [-0.25, -0.2) is 4.39 Å². The van der Waals surface area contributed by atoms with Crippen LogP contribution in [0.25, 0.3) is 0 Å². The Hall–Kier alpha value is -1.29. The van der Waals surface area contributed by atoms with Crippen molar-refractivity contribution in [2.45, 2.75) is 19.4 Å². The zero-order chi connectivity index (χ0) is 11.5. The first-order valence-electron chi connectivity index (χ1n) is 5.42. The zero-order valence-corrected chi connectivity index (χ0v) is 9.55. The molecule has 3 nitrogen and oxygen atoms in total. The summed E-state index contributed by atoms with van der Waals surface area (Å²) in [6, 6.07) is 3.25. The van der Waals surface area contributed by atoms with Crippen LogP contribution in [0.4, 0.5) is 4.39 Å². The minimum absolute atomic E-state index is 0.107. The average molecular weight is 225 g/mol. The van der Waals surface area contributed by atoms with Crippen LogP contribution in [0.1, 0.15) is 12.0 Å². The van der Waals surface area contributed by atoms with Crippen LogP contribution in [-0.2, 0) is 0 Å². The molecule has 4 heteroatoms. The van der Waals surface area contributed by atoms with Crippen LogP contribution >= 0.6 is 0 Å². The lowest BCUT2D eigenvalue weighted by Gasteiger charge is -2.16. The maximum atomic E-state index is 13.6. The van der Waals surface area contributed by atoms with E-state index in [4.69, 9.17) is 9.47 Å². The Bertz CT molecular complexity index is 376. The fourth-order valence-corrected chi connectivity index (χ4v) is 1.89. The number of methoxy groups -OCH3 is 1. The van der Waals surface area contributed by atoms with Gasteiger partial charge in [0.25, 0.3) is 0 Å². The normalized spacial score (nSPS) is 19.8. The summed E-state index contributed by atoms with van der Waals surface area (Å²) in [5.41, 5.74) is 0.833. The Kier molecular flexibility index (Phi) is 3.29. The minimum Gasteiger partial charge on any atom is -0.490 e. The summed E-state index contributed by atoms with van der Waals surface area (Å²) >= 11 is 0. The standard InChI is InChI=1S/C12H16FNO2/c1-8-5-10(13)12(15-2)11(6-8)16-9-3-4-14-7-9/h5-6,9,14H,3-4,7H2,1-2H3. The van der Waals surface area contributed by atoms with Gasteiger partial charge in [-0.15, -0.1) is 0 Å². The van der Waals surface area contributed by atoms with Crippen LogP contribution in [-0.4, -0.2) is 26.3 Å². The van der Waals surface area contributed by atoms with Gasteiger partial charge in [0, 0.05) is 6.54 Å². The van der Waals surface area contributed by atoms with Gasteiger partial charge in [-0.2, -0.15) is 0 Å². The highest BCUT2D eigenvalue weighted by atomic mass is 19.1. The van der Waals surface area contributed by atoms with Gasteiger partial charge in [0.2, 0.25) is 0 Å². The molecule has 1 N–H and O–H groups in total. The van der Waals surface area contributed by atoms with E-state index >= 15 is 0 Å². The van der Waals surface area contributed by atoms with Gasteiger partial charge in [0.05, 0.1) is 7.11 Å². The maximum absolute atomic E-state index is 13.6. The Morgan fingerprint density at radius 1 is 1.44 bits per heavy atom. The van der Waals surface area contributed by atoms with Crippen LogP contribution < -0.4 is 14.8 Å². The highest BCUT2D eigenvalue weighted by molar-refractivity contribution is 5.44. The third kappa shape index (κ3) is 2.27. The van der Waals surface area contributed by atoms with Gasteiger partial charge in [0.15, 0.2) is 17.3 Å². The fourth-order valence-electron chi connectivity index (χ4n) is 1.89. The molecule has 1 fully saturated rings. The van der Waals surface area contributed by atoms with E-state index < -0.39 is 0 Å². The number of halogens is 1. The fraction of sp³-hybridized carbons (Fsp3) is 0.500. The van der Waals surface area contributed by atoms with E-state index in [2.05, 4.69) is 5.32 Å². The lowest BCUT2D eigenvalue weighted by Crippen LogP contribution is -2.20. The van der Waals surface area contributed by atoms with Crippen LogP contribution in [0.3, 0.4) is 0 Å². The van der Waals surface area contributed by atoms with Crippen molar-refractivity contribution in [3.05, 3.63) is 23.5 Å². The first-order valence-corrected chi connectivity index (χ1v) is 5.42. The predicted molar refractivity (Wildman–Crippen MR) is 59.6 cm³/mol. The van der Waals surface area contributed by atoms with E-state index in [-0.39, 0.29) is 17.7 Å². The van der Waals surface area contributed by atoms with E-state index in [1.807, 2.05) is 6.92 Å². The first kappa shape index (κ1) is 11.2. The number of aryl methyl sites for hydroxylation is 1. The van der Waals surface area contributed by atoms with Crippen molar-refractivity contribution >= 4 is 0 Å². The lowest BCUT2D eigenvalue weighted by molar-refractivity contribution is 0.210. The molecule has 1 aliphatic rings. The van der Waals surface area contributed by atoms with Crippen molar-refractivity contribution in [3.8, 4) is 11.5 Å². The molecule has 0 saturated carbocycles. The van der Waals surface area contributed by atoms with Crippen molar-refractivity contribution in [2.75, 3.05) is 20.2 Å². The summed E-state index contributed by atoms with van der Waals surface area (Å²) in [5.74, 6) is 0.314. The molecule has 1 atom stereocenters. The summed E-state index contributed by atoms with van der Waals surface area (Å²) in [5, 5.41) is 3.20. The number of hydrogen-bond donors (Lipinski definition) is 1. The molecule has 0 amide bonds. The largest absolute Gasteiger partial charge is 0.490 e. The number of benzene rings is 1. The van der Waals surface area contributed by atoms with Crippen LogP contribution in [0.5, 0.6) is 11.5 Å². The summed E-state index contributed by atoms with van der Waals surface area (Å²) in [4.78, 5) is 0. The smallest absolute Gasteiger partial charge is 0.196 e. The number of ether oxygens (including phenoxy) is 2.